The van der Waals surface area contributed by atoms with Crippen LogP contribution in [0.2, 0.25) is 0 Å². The van der Waals surface area contributed by atoms with Crippen molar-refractivity contribution in [2.75, 3.05) is 24.7 Å². The number of amides is 2. The molecule has 2 bridgehead atoms. The first-order valence-corrected chi connectivity index (χ1v) is 14.6. The molecule has 3 heterocycles. The average Bonchev–Trinajstić information content (AvgIpc) is 3.53. The first kappa shape index (κ1) is 28.5. The first-order chi connectivity index (χ1) is 19.2. The maximum atomic E-state index is 14.8. The van der Waals surface area contributed by atoms with Gasteiger partial charge in [0.2, 0.25) is 5.91 Å². The molecule has 3 aliphatic heterocycles. The van der Waals surface area contributed by atoms with Gasteiger partial charge in [-0.05, 0) is 49.9 Å². The molecule has 1 N–H and O–H groups in total. The number of anilines is 1. The number of fused-ring (bicyclic) bond motifs is 1. The molecule has 0 saturated carbocycles. The summed E-state index contributed by atoms with van der Waals surface area (Å²) in [6, 6.07) is 13.1. The van der Waals surface area contributed by atoms with Gasteiger partial charge >= 0.3 is 5.97 Å². The number of ether oxygens (including phenoxy) is 2. The molecule has 2 aromatic rings. The van der Waals surface area contributed by atoms with E-state index in [2.05, 4.69) is 22.5 Å². The summed E-state index contributed by atoms with van der Waals surface area (Å²) in [5.74, 6) is -3.03. The van der Waals surface area contributed by atoms with Gasteiger partial charge in [-0.3, -0.25) is 14.4 Å². The number of alkyl halides is 1. The number of aryl methyl sites for hydroxylation is 2. The Labute approximate surface area is 243 Å². The van der Waals surface area contributed by atoms with Crippen LogP contribution in [-0.2, 0) is 23.9 Å². The lowest BCUT2D eigenvalue weighted by atomic mass is 9.70. The van der Waals surface area contributed by atoms with Gasteiger partial charge in [0.25, 0.3) is 5.91 Å². The summed E-state index contributed by atoms with van der Waals surface area (Å²) in [6.45, 7) is 9.46. The van der Waals surface area contributed by atoms with E-state index in [9.17, 15) is 19.5 Å². The van der Waals surface area contributed by atoms with E-state index in [-0.39, 0.29) is 29.8 Å². The van der Waals surface area contributed by atoms with E-state index in [4.69, 9.17) is 9.47 Å². The molecule has 9 heteroatoms. The molecule has 0 aromatic heterocycles. The third kappa shape index (κ3) is 4.39. The molecule has 8 nitrogen and oxygen atoms in total. The fraction of sp³-hybridized carbons (Fsp3) is 0.452. The molecule has 3 fully saturated rings. The smallest absolute Gasteiger partial charge is 0.312 e. The number of benzene rings is 2. The predicted octanol–water partition coefficient (Wildman–Crippen LogP) is 3.87. The number of esters is 1. The third-order valence-corrected chi connectivity index (χ3v) is 9.29. The fourth-order valence-electron chi connectivity index (χ4n) is 6.81. The van der Waals surface area contributed by atoms with Crippen LogP contribution in [0, 0.1) is 25.7 Å². The second kappa shape index (κ2) is 11.1. The van der Waals surface area contributed by atoms with Gasteiger partial charge in [-0.1, -0.05) is 64.5 Å². The van der Waals surface area contributed by atoms with Crippen molar-refractivity contribution in [3.05, 3.63) is 77.9 Å². The van der Waals surface area contributed by atoms with Gasteiger partial charge in [-0.2, -0.15) is 0 Å². The number of hydrogen-bond donors (Lipinski definition) is 1. The Hall–Kier alpha value is -3.01. The minimum Gasteiger partial charge on any atom is -0.466 e. The lowest BCUT2D eigenvalue weighted by molar-refractivity contribution is -0.155. The number of aliphatic hydroxyl groups is 1. The number of carbonyl (C=O) groups is 3. The number of nitrogens with zero attached hydrogens (tertiary/aromatic N) is 2. The Bertz CT molecular complexity index is 1320. The molecular weight excluding hydrogens is 576 g/mol. The minimum atomic E-state index is -1.27. The van der Waals surface area contributed by atoms with Crippen molar-refractivity contribution < 1.29 is 29.0 Å². The Balaban J connectivity index is 1.69. The van der Waals surface area contributed by atoms with Gasteiger partial charge in [0.05, 0.1) is 37.2 Å². The maximum absolute atomic E-state index is 14.8. The van der Waals surface area contributed by atoms with Gasteiger partial charge in [0, 0.05) is 17.1 Å². The lowest BCUT2D eigenvalue weighted by Crippen LogP contribution is -2.57. The van der Waals surface area contributed by atoms with Gasteiger partial charge in [0.1, 0.15) is 11.6 Å². The summed E-state index contributed by atoms with van der Waals surface area (Å²) in [5, 5.41) is 10.7. The van der Waals surface area contributed by atoms with Gasteiger partial charge in [-0.25, -0.2) is 0 Å². The lowest BCUT2D eigenvalue weighted by Gasteiger charge is -2.39. The summed E-state index contributed by atoms with van der Waals surface area (Å²) in [6.07, 6.45) is 1.40. The number of likely N-dealkylation sites (tertiary alicyclic amines) is 1. The van der Waals surface area contributed by atoms with Crippen molar-refractivity contribution in [1.29, 1.82) is 0 Å². The number of hydrogen-bond acceptors (Lipinski definition) is 6. The average molecular weight is 612 g/mol. The van der Waals surface area contributed by atoms with Gasteiger partial charge in [0.15, 0.2) is 0 Å². The molecule has 0 radical (unpaired) electrons. The summed E-state index contributed by atoms with van der Waals surface area (Å²) >= 11 is 3.68. The van der Waals surface area contributed by atoms with Crippen LogP contribution < -0.4 is 4.90 Å². The minimum absolute atomic E-state index is 0.165. The highest BCUT2D eigenvalue weighted by atomic mass is 79.9. The summed E-state index contributed by atoms with van der Waals surface area (Å²) in [5.41, 5.74) is 2.00. The van der Waals surface area contributed by atoms with Gasteiger partial charge < -0.3 is 24.4 Å². The van der Waals surface area contributed by atoms with Crippen LogP contribution in [-0.4, -0.2) is 70.1 Å². The third-order valence-electron chi connectivity index (χ3n) is 8.45. The predicted molar refractivity (Wildman–Crippen MR) is 154 cm³/mol. The topological polar surface area (TPSA) is 96.4 Å². The van der Waals surface area contributed by atoms with Crippen molar-refractivity contribution >= 4 is 39.4 Å². The Kier molecular flexibility index (Phi) is 7.92. The van der Waals surface area contributed by atoms with E-state index in [0.29, 0.717) is 17.7 Å². The number of halogens is 1. The van der Waals surface area contributed by atoms with Gasteiger partial charge in [-0.15, -0.1) is 6.58 Å². The fourth-order valence-corrected chi connectivity index (χ4v) is 7.76. The Morgan fingerprint density at radius 3 is 2.65 bits per heavy atom. The van der Waals surface area contributed by atoms with Crippen molar-refractivity contribution in [2.24, 2.45) is 11.8 Å². The van der Waals surface area contributed by atoms with Crippen molar-refractivity contribution in [3.63, 3.8) is 0 Å². The SMILES string of the molecule is C=CCN(C(=O)C1N([C@H](CO)c2ccccc2)C(=O)[C@@H]2[C@H](C(=O)OCC)[C@H]3OC12CC3Br)c1cc(C)ccc1C. The normalized spacial score (nSPS) is 29.3. The standard InChI is InChI=1S/C31H35BrN2O6/c1-5-14-33(22-15-18(3)12-13-19(22)4)29(37)27-31-16-21(32)26(40-31)24(30(38)39-6-2)25(31)28(36)34(27)23(17-35)20-10-8-7-9-11-20/h5,7-13,15,21,23-27,35H,1,6,14,16-17H2,2-4H3/t21?,23-,24+,25+,26+,27?,31?/m1/s1. The van der Waals surface area contributed by atoms with Crippen molar-refractivity contribution in [2.45, 2.75) is 55.8 Å². The Morgan fingerprint density at radius 1 is 1.27 bits per heavy atom. The van der Waals surface area contributed by atoms with Crippen LogP contribution in [0.3, 0.4) is 0 Å². The van der Waals surface area contributed by atoms with Crippen LogP contribution in [0.5, 0.6) is 0 Å². The summed E-state index contributed by atoms with van der Waals surface area (Å²) in [7, 11) is 0. The van der Waals surface area contributed by atoms with Crippen molar-refractivity contribution in [3.8, 4) is 0 Å². The molecule has 212 valence electrons. The van der Waals surface area contributed by atoms with E-state index in [1.54, 1.807) is 17.9 Å². The van der Waals surface area contributed by atoms with Crippen LogP contribution in [0.15, 0.2) is 61.2 Å². The molecule has 2 amide bonds. The molecule has 1 spiro atoms. The summed E-state index contributed by atoms with van der Waals surface area (Å²) in [4.78, 5) is 45.4. The molecule has 3 saturated heterocycles. The van der Waals surface area contributed by atoms with E-state index in [1.807, 2.05) is 62.4 Å². The maximum Gasteiger partial charge on any atom is 0.312 e. The second-order valence-electron chi connectivity index (χ2n) is 10.8. The highest BCUT2D eigenvalue weighted by Crippen LogP contribution is 2.61. The van der Waals surface area contributed by atoms with E-state index in [0.717, 1.165) is 11.1 Å². The number of carbonyl (C=O) groups excluding carboxylic acids is 3. The molecule has 40 heavy (non-hydrogen) atoms. The number of rotatable bonds is 9. The zero-order chi connectivity index (χ0) is 28.8. The molecular formula is C31H35BrN2O6. The van der Waals surface area contributed by atoms with Crippen LogP contribution in [0.25, 0.3) is 0 Å². The van der Waals surface area contributed by atoms with E-state index >= 15 is 0 Å². The second-order valence-corrected chi connectivity index (χ2v) is 12.0. The zero-order valence-electron chi connectivity index (χ0n) is 23.0. The molecule has 3 unspecified atom stereocenters. The van der Waals surface area contributed by atoms with E-state index < -0.39 is 48.2 Å². The molecule has 0 aliphatic carbocycles. The zero-order valence-corrected chi connectivity index (χ0v) is 24.5. The van der Waals surface area contributed by atoms with Crippen LogP contribution in [0.1, 0.15) is 36.1 Å². The van der Waals surface area contributed by atoms with E-state index in [1.165, 1.54) is 4.90 Å². The number of aliphatic hydroxyl groups excluding tert-OH is 1. The summed E-state index contributed by atoms with van der Waals surface area (Å²) < 4.78 is 12.0. The quantitative estimate of drug-likeness (QED) is 0.263. The van der Waals surface area contributed by atoms with Crippen LogP contribution in [0.4, 0.5) is 5.69 Å². The highest BCUT2D eigenvalue weighted by Gasteiger charge is 2.77. The Morgan fingerprint density at radius 2 is 2.00 bits per heavy atom. The highest BCUT2D eigenvalue weighted by molar-refractivity contribution is 9.09. The first-order valence-electron chi connectivity index (χ1n) is 13.7. The largest absolute Gasteiger partial charge is 0.466 e. The molecule has 7 atom stereocenters. The molecule has 2 aromatic carbocycles. The van der Waals surface area contributed by atoms with Crippen molar-refractivity contribution in [1.82, 2.24) is 4.90 Å². The molecule has 5 rings (SSSR count). The van der Waals surface area contributed by atoms with Crippen LogP contribution >= 0.6 is 15.9 Å². The monoisotopic (exact) mass is 610 g/mol. The molecule has 3 aliphatic rings.